The van der Waals surface area contributed by atoms with E-state index in [1.54, 1.807) is 12.1 Å². The Morgan fingerprint density at radius 1 is 1.14 bits per heavy atom. The first-order chi connectivity index (χ1) is 10.7. The molecule has 0 saturated heterocycles. The van der Waals surface area contributed by atoms with E-state index >= 15 is 0 Å². The van der Waals surface area contributed by atoms with E-state index in [1.165, 1.54) is 11.8 Å². The molecule has 1 aliphatic rings. The Morgan fingerprint density at radius 3 is 2.73 bits per heavy atom. The normalized spacial score (nSPS) is 12.8. The summed E-state index contributed by atoms with van der Waals surface area (Å²) in [6.07, 6.45) is 0. The van der Waals surface area contributed by atoms with Crippen molar-refractivity contribution in [3.63, 3.8) is 0 Å². The molecule has 0 radical (unpaired) electrons. The molecule has 0 bridgehead atoms. The van der Waals surface area contributed by atoms with E-state index in [0.29, 0.717) is 29.7 Å². The lowest BCUT2D eigenvalue weighted by Gasteiger charge is -2.18. The van der Waals surface area contributed by atoms with Crippen LogP contribution in [0.25, 0.3) is 0 Å². The van der Waals surface area contributed by atoms with Gasteiger partial charge in [-0.25, -0.2) is 0 Å². The first kappa shape index (κ1) is 15.1. The molecule has 1 N–H and O–H groups in total. The van der Waals surface area contributed by atoms with Crippen LogP contribution in [0.15, 0.2) is 47.4 Å². The van der Waals surface area contributed by atoms with Gasteiger partial charge in [0.2, 0.25) is 5.91 Å². The van der Waals surface area contributed by atoms with Crippen LogP contribution in [-0.4, -0.2) is 24.9 Å². The third-order valence-corrected chi connectivity index (χ3v) is 4.35. The number of carbonyl (C=O) groups is 1. The van der Waals surface area contributed by atoms with E-state index in [0.717, 1.165) is 16.4 Å². The second-order valence-electron chi connectivity index (χ2n) is 4.62. The van der Waals surface area contributed by atoms with Gasteiger partial charge in [-0.2, -0.15) is 0 Å². The number of hydrogen-bond acceptors (Lipinski definition) is 4. The molecule has 2 aromatic rings. The number of nitrogens with one attached hydrogen (secondary N) is 1. The molecule has 3 rings (SSSR count). The molecule has 0 fully saturated rings. The average molecular weight is 336 g/mol. The fraction of sp³-hybridized carbons (Fsp3) is 0.188. The number of rotatable bonds is 4. The number of anilines is 1. The van der Waals surface area contributed by atoms with Crippen molar-refractivity contribution in [2.24, 2.45) is 0 Å². The van der Waals surface area contributed by atoms with Crippen LogP contribution < -0.4 is 14.8 Å². The molecular weight excluding hydrogens is 322 g/mol. The van der Waals surface area contributed by atoms with Gasteiger partial charge in [0.25, 0.3) is 0 Å². The molecular formula is C16H14ClNO3S. The zero-order valence-electron chi connectivity index (χ0n) is 11.7. The van der Waals surface area contributed by atoms with E-state index in [1.807, 2.05) is 30.3 Å². The largest absolute Gasteiger partial charge is 0.486 e. The summed E-state index contributed by atoms with van der Waals surface area (Å²) in [5.74, 6) is 1.66. The highest BCUT2D eigenvalue weighted by Gasteiger charge is 2.13. The second-order valence-corrected chi connectivity index (χ2v) is 6.08. The molecule has 0 aliphatic carbocycles. The molecule has 6 heteroatoms. The highest BCUT2D eigenvalue weighted by atomic mass is 35.5. The molecule has 2 aromatic carbocycles. The van der Waals surface area contributed by atoms with Gasteiger partial charge in [0.1, 0.15) is 13.2 Å². The summed E-state index contributed by atoms with van der Waals surface area (Å²) in [7, 11) is 0. The van der Waals surface area contributed by atoms with Gasteiger partial charge in [0.05, 0.1) is 16.5 Å². The number of thioether (sulfide) groups is 1. The molecule has 114 valence electrons. The lowest BCUT2D eigenvalue weighted by atomic mass is 10.3. The molecule has 1 amide bonds. The van der Waals surface area contributed by atoms with Gasteiger partial charge >= 0.3 is 0 Å². The summed E-state index contributed by atoms with van der Waals surface area (Å²) in [4.78, 5) is 12.9. The van der Waals surface area contributed by atoms with Gasteiger partial charge < -0.3 is 14.8 Å². The van der Waals surface area contributed by atoms with Crippen molar-refractivity contribution in [3.05, 3.63) is 47.5 Å². The first-order valence-corrected chi connectivity index (χ1v) is 8.15. The number of halogens is 1. The topological polar surface area (TPSA) is 47.6 Å². The fourth-order valence-corrected chi connectivity index (χ4v) is 2.92. The number of benzene rings is 2. The third kappa shape index (κ3) is 3.67. The maximum absolute atomic E-state index is 12.0. The maximum Gasteiger partial charge on any atom is 0.234 e. The van der Waals surface area contributed by atoms with E-state index < -0.39 is 0 Å². The third-order valence-electron chi connectivity index (χ3n) is 3.03. The van der Waals surface area contributed by atoms with Gasteiger partial charge in [0, 0.05) is 4.90 Å². The SMILES string of the molecule is O=C(CSc1ccc2c(c1)OCCO2)Nc1ccccc1Cl. The Hall–Kier alpha value is -1.85. The molecule has 0 atom stereocenters. The maximum atomic E-state index is 12.0. The molecule has 0 unspecified atom stereocenters. The van der Waals surface area contributed by atoms with Crippen LogP contribution in [0.1, 0.15) is 0 Å². The molecule has 0 saturated carbocycles. The summed E-state index contributed by atoms with van der Waals surface area (Å²) < 4.78 is 11.0. The predicted molar refractivity (Wildman–Crippen MR) is 88.2 cm³/mol. The van der Waals surface area contributed by atoms with Crippen molar-refractivity contribution in [2.45, 2.75) is 4.90 Å². The van der Waals surface area contributed by atoms with Crippen molar-refractivity contribution < 1.29 is 14.3 Å². The zero-order chi connectivity index (χ0) is 15.4. The van der Waals surface area contributed by atoms with Gasteiger partial charge in [-0.05, 0) is 30.3 Å². The Morgan fingerprint density at radius 2 is 1.91 bits per heavy atom. The Kier molecular flexibility index (Phi) is 4.75. The van der Waals surface area contributed by atoms with E-state index in [2.05, 4.69) is 5.32 Å². The van der Waals surface area contributed by atoms with Gasteiger partial charge in [-0.15, -0.1) is 11.8 Å². The number of ether oxygens (including phenoxy) is 2. The lowest BCUT2D eigenvalue weighted by molar-refractivity contribution is -0.113. The molecule has 4 nitrogen and oxygen atoms in total. The smallest absolute Gasteiger partial charge is 0.234 e. The minimum absolute atomic E-state index is 0.104. The quantitative estimate of drug-likeness (QED) is 0.862. The highest BCUT2D eigenvalue weighted by Crippen LogP contribution is 2.34. The van der Waals surface area contributed by atoms with Crippen LogP contribution >= 0.6 is 23.4 Å². The Bertz CT molecular complexity index is 693. The van der Waals surface area contributed by atoms with Crippen LogP contribution in [0.5, 0.6) is 11.5 Å². The number of para-hydroxylation sites is 1. The summed E-state index contributed by atoms with van der Waals surface area (Å²) in [5.41, 5.74) is 0.622. The summed E-state index contributed by atoms with van der Waals surface area (Å²) in [5, 5.41) is 3.32. The van der Waals surface area contributed by atoms with E-state index in [-0.39, 0.29) is 5.91 Å². The molecule has 0 aromatic heterocycles. The van der Waals surface area contributed by atoms with Crippen molar-refractivity contribution in [3.8, 4) is 11.5 Å². The average Bonchev–Trinajstić information content (AvgIpc) is 2.55. The molecule has 22 heavy (non-hydrogen) atoms. The van der Waals surface area contributed by atoms with Crippen LogP contribution in [-0.2, 0) is 4.79 Å². The van der Waals surface area contributed by atoms with Crippen LogP contribution in [0.2, 0.25) is 5.02 Å². The second kappa shape index (κ2) is 6.94. The van der Waals surface area contributed by atoms with Gasteiger partial charge in [0.15, 0.2) is 11.5 Å². The van der Waals surface area contributed by atoms with E-state index in [9.17, 15) is 4.79 Å². The summed E-state index contributed by atoms with van der Waals surface area (Å²) >= 11 is 7.45. The lowest BCUT2D eigenvalue weighted by Crippen LogP contribution is -2.15. The molecule has 1 aliphatic heterocycles. The number of fused-ring (bicyclic) bond motifs is 1. The minimum Gasteiger partial charge on any atom is -0.486 e. The highest BCUT2D eigenvalue weighted by molar-refractivity contribution is 8.00. The van der Waals surface area contributed by atoms with Crippen molar-refractivity contribution in [2.75, 3.05) is 24.3 Å². The monoisotopic (exact) mass is 335 g/mol. The van der Waals surface area contributed by atoms with Crippen LogP contribution in [0.3, 0.4) is 0 Å². The van der Waals surface area contributed by atoms with Crippen molar-refractivity contribution >= 4 is 35.0 Å². The summed E-state index contributed by atoms with van der Waals surface area (Å²) in [6.45, 7) is 1.12. The standard InChI is InChI=1S/C16H14ClNO3S/c17-12-3-1-2-4-13(12)18-16(19)10-22-11-5-6-14-15(9-11)21-8-7-20-14/h1-6,9H,7-8,10H2,(H,18,19). The van der Waals surface area contributed by atoms with E-state index in [4.69, 9.17) is 21.1 Å². The van der Waals surface area contributed by atoms with Crippen molar-refractivity contribution in [1.29, 1.82) is 0 Å². The first-order valence-electron chi connectivity index (χ1n) is 6.79. The molecule has 1 heterocycles. The summed E-state index contributed by atoms with van der Waals surface area (Å²) in [6, 6.07) is 12.8. The van der Waals surface area contributed by atoms with Gasteiger partial charge in [-0.3, -0.25) is 4.79 Å². The van der Waals surface area contributed by atoms with Crippen LogP contribution in [0, 0.1) is 0 Å². The molecule has 0 spiro atoms. The minimum atomic E-state index is -0.104. The van der Waals surface area contributed by atoms with Gasteiger partial charge in [-0.1, -0.05) is 23.7 Å². The van der Waals surface area contributed by atoms with Crippen LogP contribution in [0.4, 0.5) is 5.69 Å². The fourth-order valence-electron chi connectivity index (χ4n) is 2.01. The Balaban J connectivity index is 1.58. The predicted octanol–water partition coefficient (Wildman–Crippen LogP) is 3.84. The van der Waals surface area contributed by atoms with Crippen molar-refractivity contribution in [1.82, 2.24) is 0 Å². The zero-order valence-corrected chi connectivity index (χ0v) is 13.2. The number of amides is 1. The number of hydrogen-bond donors (Lipinski definition) is 1. The number of carbonyl (C=O) groups excluding carboxylic acids is 1. The Labute approximate surface area is 137 Å².